The number of aromatic nitrogens is 1. The molecule has 0 radical (unpaired) electrons. The lowest BCUT2D eigenvalue weighted by atomic mass is 10.1. The number of aromatic carboxylic acids is 1. The molecule has 37 heavy (non-hydrogen) atoms. The summed E-state index contributed by atoms with van der Waals surface area (Å²) in [4.78, 5) is 27.2. The number of ether oxygens (including phenoxy) is 4. The number of hydrogen-bond donors (Lipinski definition) is 2. The van der Waals surface area contributed by atoms with E-state index in [1.54, 1.807) is 55.7 Å². The first kappa shape index (κ1) is 24.2. The van der Waals surface area contributed by atoms with Gasteiger partial charge in [0.1, 0.15) is 18.1 Å². The van der Waals surface area contributed by atoms with E-state index in [9.17, 15) is 14.7 Å². The first-order chi connectivity index (χ1) is 18.0. The van der Waals surface area contributed by atoms with Crippen LogP contribution in [-0.2, 0) is 11.3 Å². The number of methoxy groups -OCH3 is 1. The zero-order chi connectivity index (χ0) is 25.9. The molecule has 5 rings (SSSR count). The van der Waals surface area contributed by atoms with Crippen LogP contribution in [0.15, 0.2) is 66.7 Å². The second kappa shape index (κ2) is 10.2. The van der Waals surface area contributed by atoms with Crippen LogP contribution in [0.2, 0.25) is 0 Å². The fourth-order valence-corrected chi connectivity index (χ4v) is 5.36. The monoisotopic (exact) mass is 517 g/mol. The van der Waals surface area contributed by atoms with Gasteiger partial charge < -0.3 is 29.0 Å². The lowest BCUT2D eigenvalue weighted by Crippen LogP contribution is -2.11. The number of hydrogen-bond acceptors (Lipinski definition) is 7. The van der Waals surface area contributed by atoms with Crippen LogP contribution in [-0.4, -0.2) is 35.9 Å². The molecular formula is C28H23NO7S. The molecule has 0 atom stereocenters. The molecule has 5 aromatic rings. The van der Waals surface area contributed by atoms with Crippen LogP contribution in [0.3, 0.4) is 0 Å². The van der Waals surface area contributed by atoms with Gasteiger partial charge in [0.05, 0.1) is 35.1 Å². The summed E-state index contributed by atoms with van der Waals surface area (Å²) >= 11 is 1.56. The number of aromatic amines is 1. The summed E-state index contributed by atoms with van der Waals surface area (Å²) in [7, 11) is 1.55. The fraction of sp³-hybridized carbons (Fsp3) is 0.143. The molecule has 0 aliphatic heterocycles. The maximum Gasteiger partial charge on any atom is 0.515 e. The number of thiophene rings is 1. The molecule has 0 bridgehead atoms. The van der Waals surface area contributed by atoms with Gasteiger partial charge >= 0.3 is 12.1 Å². The van der Waals surface area contributed by atoms with Crippen LogP contribution < -0.4 is 14.2 Å². The van der Waals surface area contributed by atoms with Crippen molar-refractivity contribution in [2.75, 3.05) is 13.7 Å². The van der Waals surface area contributed by atoms with Crippen LogP contribution in [0, 0.1) is 0 Å². The van der Waals surface area contributed by atoms with Gasteiger partial charge in [0, 0.05) is 27.3 Å². The van der Waals surface area contributed by atoms with Gasteiger partial charge in [-0.25, -0.2) is 9.59 Å². The summed E-state index contributed by atoms with van der Waals surface area (Å²) in [6.45, 7) is 1.89. The molecule has 2 N–H and O–H groups in total. The van der Waals surface area contributed by atoms with E-state index in [1.165, 1.54) is 6.07 Å². The van der Waals surface area contributed by atoms with Gasteiger partial charge in [-0.05, 0) is 31.2 Å². The Morgan fingerprint density at radius 1 is 1.03 bits per heavy atom. The maximum atomic E-state index is 12.3. The van der Waals surface area contributed by atoms with Gasteiger partial charge in [-0.2, -0.15) is 0 Å². The first-order valence-electron chi connectivity index (χ1n) is 11.5. The van der Waals surface area contributed by atoms with Gasteiger partial charge in [0.2, 0.25) is 5.88 Å². The van der Waals surface area contributed by atoms with Crippen molar-refractivity contribution in [1.82, 2.24) is 4.98 Å². The van der Waals surface area contributed by atoms with Crippen LogP contribution in [0.5, 0.6) is 17.4 Å². The molecule has 2 heterocycles. The first-order valence-corrected chi connectivity index (χ1v) is 12.3. The normalized spacial score (nSPS) is 11.0. The zero-order valence-electron chi connectivity index (χ0n) is 20.1. The molecule has 3 aromatic carbocycles. The summed E-state index contributed by atoms with van der Waals surface area (Å²) in [5.74, 6) is 0.187. The number of nitrogens with one attached hydrogen (secondary N) is 1. The van der Waals surface area contributed by atoms with Crippen molar-refractivity contribution in [2.24, 2.45) is 0 Å². The number of rotatable bonds is 8. The Balaban J connectivity index is 1.65. The Labute approximate surface area is 216 Å². The molecule has 8 nitrogen and oxygen atoms in total. The summed E-state index contributed by atoms with van der Waals surface area (Å²) in [6, 6.07) is 19.9. The molecule has 0 saturated heterocycles. The molecule has 0 aliphatic carbocycles. The number of fused-ring (bicyclic) bond motifs is 3. The Kier molecular flexibility index (Phi) is 6.70. The Bertz CT molecular complexity index is 1620. The highest BCUT2D eigenvalue weighted by Gasteiger charge is 2.24. The van der Waals surface area contributed by atoms with E-state index in [1.807, 2.05) is 30.3 Å². The van der Waals surface area contributed by atoms with Crippen molar-refractivity contribution < 1.29 is 33.6 Å². The molecule has 0 aliphatic rings. The van der Waals surface area contributed by atoms with E-state index in [0.29, 0.717) is 28.2 Å². The summed E-state index contributed by atoms with van der Waals surface area (Å²) in [5.41, 5.74) is 2.78. The smallest absolute Gasteiger partial charge is 0.497 e. The van der Waals surface area contributed by atoms with Crippen LogP contribution in [0.1, 0.15) is 22.8 Å². The van der Waals surface area contributed by atoms with Gasteiger partial charge in [0.25, 0.3) is 0 Å². The van der Waals surface area contributed by atoms with E-state index in [2.05, 4.69) is 4.98 Å². The van der Waals surface area contributed by atoms with Crippen molar-refractivity contribution in [3.8, 4) is 28.5 Å². The third-order valence-corrected chi connectivity index (χ3v) is 7.01. The van der Waals surface area contributed by atoms with Crippen LogP contribution in [0.25, 0.3) is 31.4 Å². The quantitative estimate of drug-likeness (QED) is 0.216. The predicted octanol–water partition coefficient (Wildman–Crippen LogP) is 6.87. The van der Waals surface area contributed by atoms with Crippen molar-refractivity contribution in [2.45, 2.75) is 13.5 Å². The second-order valence-electron chi connectivity index (χ2n) is 8.03. The van der Waals surface area contributed by atoms with E-state index in [-0.39, 0.29) is 24.7 Å². The van der Waals surface area contributed by atoms with Gasteiger partial charge in [-0.1, -0.05) is 36.4 Å². The third-order valence-electron chi connectivity index (χ3n) is 5.82. The minimum absolute atomic E-state index is 0.0106. The van der Waals surface area contributed by atoms with E-state index >= 15 is 0 Å². The molecule has 0 saturated carbocycles. The molecule has 0 spiro atoms. The molecule has 2 aromatic heterocycles. The highest BCUT2D eigenvalue weighted by atomic mass is 32.1. The largest absolute Gasteiger partial charge is 0.515 e. The number of carboxylic acid groups (broad SMARTS) is 1. The van der Waals surface area contributed by atoms with E-state index in [4.69, 9.17) is 18.9 Å². The zero-order valence-corrected chi connectivity index (χ0v) is 20.9. The van der Waals surface area contributed by atoms with Crippen molar-refractivity contribution in [1.29, 1.82) is 0 Å². The minimum Gasteiger partial charge on any atom is -0.497 e. The van der Waals surface area contributed by atoms with Crippen molar-refractivity contribution in [3.05, 3.63) is 77.9 Å². The topological polar surface area (TPSA) is 107 Å². The Morgan fingerprint density at radius 3 is 2.59 bits per heavy atom. The van der Waals surface area contributed by atoms with Gasteiger partial charge in [-0.3, -0.25) is 0 Å². The maximum absolute atomic E-state index is 12.3. The third kappa shape index (κ3) is 4.68. The average molecular weight is 518 g/mol. The average Bonchev–Trinajstić information content (AvgIpc) is 3.43. The molecule has 9 heteroatoms. The van der Waals surface area contributed by atoms with Gasteiger partial charge in [-0.15, -0.1) is 11.3 Å². The summed E-state index contributed by atoms with van der Waals surface area (Å²) in [6.07, 6.45) is -0.826. The molecule has 0 unspecified atom stereocenters. The number of benzene rings is 3. The molecule has 188 valence electrons. The van der Waals surface area contributed by atoms with Crippen molar-refractivity contribution >= 4 is 43.8 Å². The molecular weight excluding hydrogens is 494 g/mol. The number of carboxylic acids is 1. The summed E-state index contributed by atoms with van der Waals surface area (Å²) in [5, 5.41) is 10.6. The second-order valence-corrected chi connectivity index (χ2v) is 9.08. The fourth-order valence-electron chi connectivity index (χ4n) is 4.14. The number of carbonyl (C=O) groups excluding carboxylic acids is 1. The molecule has 0 fully saturated rings. The summed E-state index contributed by atoms with van der Waals surface area (Å²) < 4.78 is 24.2. The number of carbonyl (C=O) groups is 2. The Hall–Kier alpha value is -4.50. The Morgan fingerprint density at radius 2 is 1.81 bits per heavy atom. The highest BCUT2D eigenvalue weighted by molar-refractivity contribution is 7.26. The number of H-pyrrole nitrogens is 1. The lowest BCUT2D eigenvalue weighted by Gasteiger charge is -2.15. The van der Waals surface area contributed by atoms with Gasteiger partial charge in [0.15, 0.2) is 0 Å². The van der Waals surface area contributed by atoms with Crippen molar-refractivity contribution in [3.63, 3.8) is 0 Å². The van der Waals surface area contributed by atoms with Crippen LogP contribution in [0.4, 0.5) is 4.79 Å². The predicted molar refractivity (Wildman–Crippen MR) is 141 cm³/mol. The minimum atomic E-state index is -1.03. The van der Waals surface area contributed by atoms with E-state index in [0.717, 1.165) is 20.3 Å². The lowest BCUT2D eigenvalue weighted by molar-refractivity contribution is 0.0693. The van der Waals surface area contributed by atoms with Crippen LogP contribution >= 0.6 is 11.3 Å². The highest BCUT2D eigenvalue weighted by Crippen LogP contribution is 2.48. The standard InChI is InChI=1S/C28H23NO7S/c1-3-34-28(32)36-26-23(25-24(29-26)20-10-6-7-11-22(20)37-25)19-13-12-17(33-2)14-21(19)35-15-16-8-4-5-9-18(16)27(30)31/h4-14,29H,3,15H2,1-2H3,(H,30,31). The SMILES string of the molecule is CCOC(=O)Oc1[nH]c2c(sc3ccccc32)c1-c1ccc(OC)cc1OCc1ccccc1C(=O)O. The molecule has 0 amide bonds. The van der Waals surface area contributed by atoms with E-state index < -0.39 is 12.1 Å².